The Morgan fingerprint density at radius 3 is 2.48 bits per heavy atom. The molecule has 1 rings (SSSR count). The van der Waals surface area contributed by atoms with E-state index in [0.717, 1.165) is 23.4 Å². The van der Waals surface area contributed by atoms with Crippen LogP contribution in [0.25, 0.3) is 0 Å². The molecule has 1 amide bonds. The number of benzene rings is 1. The van der Waals surface area contributed by atoms with Crippen molar-refractivity contribution in [3.63, 3.8) is 0 Å². The fourth-order valence-electron chi connectivity index (χ4n) is 2.02. The lowest BCUT2D eigenvalue weighted by atomic mass is 10.1. The van der Waals surface area contributed by atoms with Gasteiger partial charge >= 0.3 is 0 Å². The molecule has 0 aliphatic heterocycles. The summed E-state index contributed by atoms with van der Waals surface area (Å²) < 4.78 is 5.57. The molecule has 0 saturated carbocycles. The number of carbonyl (C=O) groups is 1. The van der Waals surface area contributed by atoms with Gasteiger partial charge in [-0.05, 0) is 30.5 Å². The van der Waals surface area contributed by atoms with Gasteiger partial charge in [-0.2, -0.15) is 5.26 Å². The minimum atomic E-state index is -0.291. The van der Waals surface area contributed by atoms with E-state index in [0.29, 0.717) is 6.04 Å². The van der Waals surface area contributed by atoms with Gasteiger partial charge in [-0.15, -0.1) is 0 Å². The third kappa shape index (κ3) is 5.84. The number of aryl methyl sites for hydroxylation is 2. The molecule has 114 valence electrons. The normalized spacial score (nSPS) is 10.3. The second-order valence-corrected chi connectivity index (χ2v) is 5.32. The van der Waals surface area contributed by atoms with Crippen LogP contribution in [0.4, 0.5) is 0 Å². The molecule has 0 atom stereocenters. The second-order valence-electron chi connectivity index (χ2n) is 5.32. The third-order valence-corrected chi connectivity index (χ3v) is 2.95. The van der Waals surface area contributed by atoms with Crippen LogP contribution in [0.5, 0.6) is 5.75 Å². The smallest absolute Gasteiger partial charge is 0.258 e. The summed E-state index contributed by atoms with van der Waals surface area (Å²) >= 11 is 0. The Bertz CT molecular complexity index is 510. The minimum Gasteiger partial charge on any atom is -0.483 e. The molecule has 0 fully saturated rings. The van der Waals surface area contributed by atoms with E-state index in [1.165, 1.54) is 5.56 Å². The Morgan fingerprint density at radius 2 is 1.95 bits per heavy atom. The summed E-state index contributed by atoms with van der Waals surface area (Å²) in [5.41, 5.74) is 3.20. The van der Waals surface area contributed by atoms with Crippen molar-refractivity contribution in [3.8, 4) is 11.8 Å². The molecule has 0 spiro atoms. The van der Waals surface area contributed by atoms with Gasteiger partial charge in [-0.25, -0.2) is 0 Å². The molecule has 0 aliphatic carbocycles. The number of ether oxygens (including phenoxy) is 1. The molecule has 0 aliphatic rings. The Hall–Kier alpha value is -2.06. The highest BCUT2D eigenvalue weighted by Crippen LogP contribution is 2.24. The summed E-state index contributed by atoms with van der Waals surface area (Å²) in [6.07, 6.45) is 0. The van der Waals surface area contributed by atoms with Crippen molar-refractivity contribution in [1.29, 1.82) is 5.26 Å². The van der Waals surface area contributed by atoms with Crippen molar-refractivity contribution in [2.45, 2.75) is 40.3 Å². The molecular formula is C16H23N3O2. The van der Waals surface area contributed by atoms with Crippen molar-refractivity contribution < 1.29 is 9.53 Å². The lowest BCUT2D eigenvalue weighted by Crippen LogP contribution is -2.29. The van der Waals surface area contributed by atoms with Crippen molar-refractivity contribution in [2.75, 3.05) is 13.2 Å². The first-order valence-electron chi connectivity index (χ1n) is 7.04. The highest BCUT2D eigenvalue weighted by atomic mass is 16.5. The van der Waals surface area contributed by atoms with Crippen molar-refractivity contribution in [1.82, 2.24) is 10.6 Å². The third-order valence-electron chi connectivity index (χ3n) is 2.95. The van der Waals surface area contributed by atoms with E-state index < -0.39 is 0 Å². The minimum absolute atomic E-state index is 0.0000327. The summed E-state index contributed by atoms with van der Waals surface area (Å²) in [5, 5.41) is 14.2. The number of carbonyl (C=O) groups excluding carboxylic acids is 1. The summed E-state index contributed by atoms with van der Waals surface area (Å²) in [6, 6.07) is 6.41. The first-order valence-corrected chi connectivity index (χ1v) is 7.04. The predicted octanol–water partition coefficient (Wildman–Crippen LogP) is 1.82. The number of nitriles is 1. The number of rotatable bonds is 7. The quantitative estimate of drug-likeness (QED) is 0.751. The van der Waals surface area contributed by atoms with Gasteiger partial charge in [0.1, 0.15) is 12.3 Å². The summed E-state index contributed by atoms with van der Waals surface area (Å²) in [7, 11) is 0. The highest BCUT2D eigenvalue weighted by molar-refractivity contribution is 5.77. The van der Waals surface area contributed by atoms with Crippen LogP contribution in [0, 0.1) is 25.2 Å². The van der Waals surface area contributed by atoms with Crippen LogP contribution in [-0.2, 0) is 11.3 Å². The SMILES string of the molecule is Cc1cc(CNC(C)C)cc(C)c1OCC(=O)NCC#N. The Kier molecular flexibility index (Phi) is 6.70. The van der Waals surface area contributed by atoms with Crippen molar-refractivity contribution in [3.05, 3.63) is 28.8 Å². The van der Waals surface area contributed by atoms with Crippen LogP contribution < -0.4 is 15.4 Å². The summed E-state index contributed by atoms with van der Waals surface area (Å²) in [6.45, 7) is 8.88. The summed E-state index contributed by atoms with van der Waals surface area (Å²) in [4.78, 5) is 11.4. The average molecular weight is 289 g/mol. The van der Waals surface area contributed by atoms with E-state index in [4.69, 9.17) is 10.00 Å². The Morgan fingerprint density at radius 1 is 1.33 bits per heavy atom. The van der Waals surface area contributed by atoms with Gasteiger partial charge in [0.2, 0.25) is 0 Å². The van der Waals surface area contributed by atoms with Crippen LogP contribution in [0.15, 0.2) is 12.1 Å². The lowest BCUT2D eigenvalue weighted by molar-refractivity contribution is -0.122. The number of nitrogens with zero attached hydrogens (tertiary/aromatic N) is 1. The first kappa shape index (κ1) is 17.0. The molecule has 0 radical (unpaired) electrons. The van der Waals surface area contributed by atoms with Gasteiger partial charge in [0.25, 0.3) is 5.91 Å². The number of nitrogens with one attached hydrogen (secondary N) is 2. The van der Waals surface area contributed by atoms with E-state index >= 15 is 0 Å². The van der Waals surface area contributed by atoms with E-state index in [1.807, 2.05) is 19.9 Å². The molecule has 0 aromatic heterocycles. The molecular weight excluding hydrogens is 266 g/mol. The monoisotopic (exact) mass is 289 g/mol. The topological polar surface area (TPSA) is 74.2 Å². The van der Waals surface area contributed by atoms with Gasteiger partial charge in [-0.3, -0.25) is 4.79 Å². The van der Waals surface area contributed by atoms with Gasteiger partial charge in [0, 0.05) is 12.6 Å². The summed E-state index contributed by atoms with van der Waals surface area (Å²) in [5.74, 6) is 0.441. The maximum Gasteiger partial charge on any atom is 0.258 e. The molecule has 5 heteroatoms. The number of amides is 1. The maximum absolute atomic E-state index is 11.4. The van der Waals surface area contributed by atoms with Crippen LogP contribution >= 0.6 is 0 Å². The molecule has 21 heavy (non-hydrogen) atoms. The largest absolute Gasteiger partial charge is 0.483 e. The molecule has 0 saturated heterocycles. The zero-order valence-electron chi connectivity index (χ0n) is 13.1. The Labute approximate surface area is 126 Å². The fraction of sp³-hybridized carbons (Fsp3) is 0.500. The molecule has 5 nitrogen and oxygen atoms in total. The molecule has 0 heterocycles. The molecule has 1 aromatic carbocycles. The van der Waals surface area contributed by atoms with Crippen LogP contribution in [-0.4, -0.2) is 25.1 Å². The van der Waals surface area contributed by atoms with Crippen LogP contribution in [0.2, 0.25) is 0 Å². The maximum atomic E-state index is 11.4. The molecule has 1 aromatic rings. The van der Waals surface area contributed by atoms with Crippen LogP contribution in [0.3, 0.4) is 0 Å². The highest BCUT2D eigenvalue weighted by Gasteiger charge is 2.09. The van der Waals surface area contributed by atoms with Crippen molar-refractivity contribution >= 4 is 5.91 Å². The predicted molar refractivity (Wildman–Crippen MR) is 82.0 cm³/mol. The standard InChI is InChI=1S/C16H23N3O2/c1-11(2)19-9-14-7-12(3)16(13(4)8-14)21-10-15(20)18-6-5-17/h7-8,11,19H,6,9-10H2,1-4H3,(H,18,20). The van der Waals surface area contributed by atoms with E-state index in [9.17, 15) is 4.79 Å². The lowest BCUT2D eigenvalue weighted by Gasteiger charge is -2.15. The van der Waals surface area contributed by atoms with E-state index in [2.05, 4.69) is 36.6 Å². The zero-order chi connectivity index (χ0) is 15.8. The second kappa shape index (κ2) is 8.28. The van der Waals surface area contributed by atoms with Gasteiger partial charge in [0.05, 0.1) is 6.07 Å². The molecule has 2 N–H and O–H groups in total. The van der Waals surface area contributed by atoms with Gasteiger partial charge in [0.15, 0.2) is 6.61 Å². The number of hydrogen-bond donors (Lipinski definition) is 2. The zero-order valence-corrected chi connectivity index (χ0v) is 13.1. The Balaban J connectivity index is 2.67. The number of hydrogen-bond acceptors (Lipinski definition) is 4. The fourth-order valence-corrected chi connectivity index (χ4v) is 2.02. The first-order chi connectivity index (χ1) is 9.93. The molecule has 0 bridgehead atoms. The van der Waals surface area contributed by atoms with Crippen LogP contribution in [0.1, 0.15) is 30.5 Å². The van der Waals surface area contributed by atoms with Gasteiger partial charge < -0.3 is 15.4 Å². The van der Waals surface area contributed by atoms with E-state index in [-0.39, 0.29) is 19.1 Å². The van der Waals surface area contributed by atoms with Gasteiger partial charge in [-0.1, -0.05) is 26.0 Å². The molecule has 0 unspecified atom stereocenters. The average Bonchev–Trinajstić information content (AvgIpc) is 2.41. The van der Waals surface area contributed by atoms with E-state index in [1.54, 1.807) is 0 Å². The van der Waals surface area contributed by atoms with Crippen molar-refractivity contribution in [2.24, 2.45) is 0 Å².